The number of sulfonamides is 1. The highest BCUT2D eigenvalue weighted by atomic mass is 32.2. The molecule has 1 aliphatic heterocycles. The third-order valence-corrected chi connectivity index (χ3v) is 5.38. The van der Waals surface area contributed by atoms with Gasteiger partial charge in [-0.2, -0.15) is 9.40 Å². The summed E-state index contributed by atoms with van der Waals surface area (Å²) in [6.45, 7) is 3.19. The number of piperazine rings is 1. The summed E-state index contributed by atoms with van der Waals surface area (Å²) in [5.41, 5.74) is 1.14. The Morgan fingerprint density at radius 2 is 1.95 bits per heavy atom. The van der Waals surface area contributed by atoms with E-state index in [0.29, 0.717) is 26.2 Å². The summed E-state index contributed by atoms with van der Waals surface area (Å²) in [4.78, 5) is 6.33. The number of hydrogen-bond acceptors (Lipinski definition) is 5. The van der Waals surface area contributed by atoms with Crippen LogP contribution in [0, 0.1) is 0 Å². The van der Waals surface area contributed by atoms with E-state index in [4.69, 9.17) is 0 Å². The van der Waals surface area contributed by atoms with Crippen LogP contribution < -0.4 is 0 Å². The van der Waals surface area contributed by atoms with Crippen LogP contribution in [0.5, 0.6) is 0 Å². The molecular formula is C13H17N5O2S. The van der Waals surface area contributed by atoms with E-state index in [0.717, 1.165) is 12.1 Å². The van der Waals surface area contributed by atoms with E-state index in [9.17, 15) is 8.42 Å². The highest BCUT2D eigenvalue weighted by Gasteiger charge is 2.29. The Labute approximate surface area is 123 Å². The molecule has 0 bridgehead atoms. The zero-order valence-corrected chi connectivity index (χ0v) is 12.3. The minimum Gasteiger partial charge on any atom is -0.296 e. The number of H-pyrrole nitrogens is 1. The smallest absolute Gasteiger partial charge is 0.260 e. The van der Waals surface area contributed by atoms with Gasteiger partial charge in [-0.3, -0.25) is 15.0 Å². The number of pyridine rings is 1. The van der Waals surface area contributed by atoms with Gasteiger partial charge in [0.05, 0.1) is 6.20 Å². The number of hydrogen-bond donors (Lipinski definition) is 1. The van der Waals surface area contributed by atoms with Crippen molar-refractivity contribution in [2.75, 3.05) is 26.2 Å². The maximum absolute atomic E-state index is 12.3. The molecule has 1 aliphatic rings. The van der Waals surface area contributed by atoms with Gasteiger partial charge in [-0.25, -0.2) is 8.42 Å². The van der Waals surface area contributed by atoms with Crippen LogP contribution in [0.1, 0.15) is 5.56 Å². The molecule has 0 aromatic carbocycles. The first-order valence-electron chi connectivity index (χ1n) is 6.77. The predicted molar refractivity (Wildman–Crippen MR) is 76.9 cm³/mol. The Morgan fingerprint density at radius 3 is 2.57 bits per heavy atom. The lowest BCUT2D eigenvalue weighted by atomic mass is 10.2. The molecular weight excluding hydrogens is 290 g/mol. The normalized spacial score (nSPS) is 17.9. The largest absolute Gasteiger partial charge is 0.296 e. The third kappa shape index (κ3) is 3.12. The van der Waals surface area contributed by atoms with Crippen molar-refractivity contribution in [3.63, 3.8) is 0 Å². The number of nitrogens with zero attached hydrogens (tertiary/aromatic N) is 4. The van der Waals surface area contributed by atoms with Crippen LogP contribution in [0.3, 0.4) is 0 Å². The molecule has 7 nitrogen and oxygen atoms in total. The summed E-state index contributed by atoms with van der Waals surface area (Å²) < 4.78 is 26.2. The molecule has 2 aromatic rings. The van der Waals surface area contributed by atoms with Gasteiger partial charge < -0.3 is 0 Å². The summed E-state index contributed by atoms with van der Waals surface area (Å²) in [6, 6.07) is 5.42. The van der Waals surface area contributed by atoms with Crippen LogP contribution in [0.25, 0.3) is 0 Å². The lowest BCUT2D eigenvalue weighted by Gasteiger charge is -2.33. The maximum atomic E-state index is 12.3. The van der Waals surface area contributed by atoms with Gasteiger partial charge in [-0.15, -0.1) is 0 Å². The van der Waals surface area contributed by atoms with E-state index in [2.05, 4.69) is 20.1 Å². The van der Waals surface area contributed by atoms with Crippen molar-refractivity contribution in [3.8, 4) is 0 Å². The number of rotatable bonds is 4. The fourth-order valence-electron chi connectivity index (χ4n) is 2.40. The average molecular weight is 307 g/mol. The predicted octanol–water partition coefficient (Wildman–Crippen LogP) is 0.311. The molecule has 0 amide bonds. The first-order valence-corrected chi connectivity index (χ1v) is 8.21. The minimum absolute atomic E-state index is 0.156. The molecule has 8 heteroatoms. The number of aromatic nitrogens is 3. The van der Waals surface area contributed by atoms with Crippen molar-refractivity contribution >= 4 is 10.0 Å². The van der Waals surface area contributed by atoms with Gasteiger partial charge in [-0.05, 0) is 17.7 Å². The zero-order valence-electron chi connectivity index (χ0n) is 11.5. The lowest BCUT2D eigenvalue weighted by molar-refractivity contribution is 0.181. The molecule has 0 atom stereocenters. The molecule has 112 valence electrons. The van der Waals surface area contributed by atoms with Crippen LogP contribution in [0.4, 0.5) is 0 Å². The molecule has 3 heterocycles. The SMILES string of the molecule is O=S(=O)(c1ccn[nH]1)N1CCN(Cc2cccnc2)CC1. The summed E-state index contributed by atoms with van der Waals surface area (Å²) in [6.07, 6.45) is 5.04. The first kappa shape index (κ1) is 14.2. The second-order valence-electron chi connectivity index (χ2n) is 4.96. The van der Waals surface area contributed by atoms with Gasteiger partial charge in [0, 0.05) is 45.1 Å². The quantitative estimate of drug-likeness (QED) is 0.879. The maximum Gasteiger partial charge on any atom is 0.260 e. The topological polar surface area (TPSA) is 82.2 Å². The van der Waals surface area contributed by atoms with Gasteiger partial charge in [0.15, 0.2) is 5.03 Å². The van der Waals surface area contributed by atoms with E-state index in [1.54, 1.807) is 6.20 Å². The van der Waals surface area contributed by atoms with Crippen LogP contribution >= 0.6 is 0 Å². The molecule has 21 heavy (non-hydrogen) atoms. The van der Waals surface area contributed by atoms with Gasteiger partial charge in [0.25, 0.3) is 10.0 Å². The standard InChI is InChI=1S/C13H17N5O2S/c19-21(20,13-3-5-15-16-13)18-8-6-17(7-9-18)11-12-2-1-4-14-10-12/h1-5,10H,6-9,11H2,(H,15,16). The van der Waals surface area contributed by atoms with E-state index >= 15 is 0 Å². The molecule has 0 aliphatic carbocycles. The monoisotopic (exact) mass is 307 g/mol. The zero-order chi connectivity index (χ0) is 14.7. The van der Waals surface area contributed by atoms with E-state index < -0.39 is 10.0 Å². The van der Waals surface area contributed by atoms with Gasteiger partial charge in [-0.1, -0.05) is 6.07 Å². The average Bonchev–Trinajstić information content (AvgIpc) is 3.04. The van der Waals surface area contributed by atoms with Crippen LogP contribution in [-0.4, -0.2) is 59.0 Å². The van der Waals surface area contributed by atoms with Gasteiger partial charge >= 0.3 is 0 Å². The van der Waals surface area contributed by atoms with E-state index in [-0.39, 0.29) is 5.03 Å². The van der Waals surface area contributed by atoms with Crippen LogP contribution in [0.2, 0.25) is 0 Å². The van der Waals surface area contributed by atoms with Crippen LogP contribution in [-0.2, 0) is 16.6 Å². The molecule has 0 radical (unpaired) electrons. The Hall–Kier alpha value is -1.77. The summed E-state index contributed by atoms with van der Waals surface area (Å²) in [5.74, 6) is 0. The molecule has 2 aromatic heterocycles. The fraction of sp³-hybridized carbons (Fsp3) is 0.385. The Bertz CT molecular complexity index is 664. The van der Waals surface area contributed by atoms with Crippen molar-refractivity contribution in [1.82, 2.24) is 24.4 Å². The second-order valence-corrected chi connectivity index (χ2v) is 6.87. The Kier molecular flexibility index (Phi) is 4.00. The number of aromatic amines is 1. The molecule has 3 rings (SSSR count). The van der Waals surface area contributed by atoms with Gasteiger partial charge in [0.1, 0.15) is 0 Å². The highest BCUT2D eigenvalue weighted by Crippen LogP contribution is 2.16. The Balaban J connectivity index is 1.61. The van der Waals surface area contributed by atoms with E-state index in [1.165, 1.54) is 16.6 Å². The Morgan fingerprint density at radius 1 is 1.14 bits per heavy atom. The minimum atomic E-state index is -3.44. The molecule has 1 fully saturated rings. The number of nitrogens with one attached hydrogen (secondary N) is 1. The molecule has 0 unspecified atom stereocenters. The van der Waals surface area contributed by atoms with Crippen molar-refractivity contribution in [2.24, 2.45) is 0 Å². The van der Waals surface area contributed by atoms with Crippen LogP contribution in [0.15, 0.2) is 41.8 Å². The second kappa shape index (κ2) is 5.92. The highest BCUT2D eigenvalue weighted by molar-refractivity contribution is 7.89. The fourth-order valence-corrected chi connectivity index (χ4v) is 3.73. The van der Waals surface area contributed by atoms with Crippen molar-refractivity contribution < 1.29 is 8.42 Å². The summed E-state index contributed by atoms with van der Waals surface area (Å²) in [5, 5.41) is 6.39. The summed E-state index contributed by atoms with van der Waals surface area (Å²) >= 11 is 0. The van der Waals surface area contributed by atoms with Gasteiger partial charge in [0.2, 0.25) is 0 Å². The molecule has 1 N–H and O–H groups in total. The first-order chi connectivity index (χ1) is 10.2. The third-order valence-electron chi connectivity index (χ3n) is 3.55. The van der Waals surface area contributed by atoms with Crippen molar-refractivity contribution in [3.05, 3.63) is 42.4 Å². The molecule has 1 saturated heterocycles. The van der Waals surface area contributed by atoms with Crippen molar-refractivity contribution in [1.29, 1.82) is 0 Å². The lowest BCUT2D eigenvalue weighted by Crippen LogP contribution is -2.48. The van der Waals surface area contributed by atoms with Crippen molar-refractivity contribution in [2.45, 2.75) is 11.6 Å². The summed E-state index contributed by atoms with van der Waals surface area (Å²) in [7, 11) is -3.44. The molecule has 0 spiro atoms. The van der Waals surface area contributed by atoms with E-state index in [1.807, 2.05) is 18.3 Å². The molecule has 0 saturated carbocycles.